The van der Waals surface area contributed by atoms with Crippen LogP contribution in [0.15, 0.2) is 30.6 Å². The Hall–Kier alpha value is -3.81. The molecular formula is C23H30N8O5. The highest BCUT2D eigenvalue weighted by atomic mass is 16.6. The first-order valence-corrected chi connectivity index (χ1v) is 11.7. The summed E-state index contributed by atoms with van der Waals surface area (Å²) in [5, 5.41) is 26.6. The maximum atomic E-state index is 12.2. The average molecular weight is 499 g/mol. The quantitative estimate of drug-likeness (QED) is 0.206. The molecule has 1 fully saturated rings. The number of aliphatic hydroxyl groups excluding tert-OH is 2. The molecule has 2 aromatic heterocycles. The number of nitrogens with two attached hydrogens (primary N) is 2. The molecule has 3 aromatic rings. The number of aromatic nitrogens is 4. The number of nitrogens with zero attached hydrogens (tertiary/aromatic N) is 4. The van der Waals surface area contributed by atoms with Crippen molar-refractivity contribution in [3.63, 3.8) is 0 Å². The Morgan fingerprint density at radius 3 is 2.47 bits per heavy atom. The molecular weight excluding hydrogens is 468 g/mol. The number of rotatable bonds is 10. The molecule has 8 N–H and O–H groups in total. The van der Waals surface area contributed by atoms with Gasteiger partial charge in [0.25, 0.3) is 5.91 Å². The van der Waals surface area contributed by atoms with Crippen LogP contribution in [0.5, 0.6) is 0 Å². The number of carbonyl (C=O) groups is 2. The molecule has 0 radical (unpaired) electrons. The zero-order valence-corrected chi connectivity index (χ0v) is 19.8. The van der Waals surface area contributed by atoms with Gasteiger partial charge in [0.15, 0.2) is 23.8 Å². The fourth-order valence-electron chi connectivity index (χ4n) is 4.04. The first-order chi connectivity index (χ1) is 17.3. The van der Waals surface area contributed by atoms with E-state index in [2.05, 4.69) is 25.6 Å². The maximum absolute atomic E-state index is 12.2. The SMILES string of the molecule is CCNC(=O)[C@@H]1O[C@@H](n2cnc3c(N)nc(NCCc4ccc(CCC(N)=O)cc4)nc32)[C@H](O)[C@@H]1O. The second kappa shape index (κ2) is 10.8. The molecule has 13 heteroatoms. The van der Waals surface area contributed by atoms with Crippen LogP contribution >= 0.6 is 0 Å². The topological polar surface area (TPSA) is 204 Å². The highest BCUT2D eigenvalue weighted by Gasteiger charge is 2.47. The van der Waals surface area contributed by atoms with Crippen LogP contribution in [-0.2, 0) is 27.2 Å². The summed E-state index contributed by atoms with van der Waals surface area (Å²) >= 11 is 0. The predicted octanol–water partition coefficient (Wildman–Crippen LogP) is -0.764. The summed E-state index contributed by atoms with van der Waals surface area (Å²) in [5.41, 5.74) is 14.0. The van der Waals surface area contributed by atoms with Gasteiger partial charge in [-0.05, 0) is 30.9 Å². The number of imidazole rings is 1. The lowest BCUT2D eigenvalue weighted by atomic mass is 10.1. The number of nitrogens with one attached hydrogen (secondary N) is 2. The van der Waals surface area contributed by atoms with Crippen molar-refractivity contribution in [3.8, 4) is 0 Å². The minimum absolute atomic E-state index is 0.133. The van der Waals surface area contributed by atoms with Crippen LogP contribution in [0.3, 0.4) is 0 Å². The fraction of sp³-hybridized carbons (Fsp3) is 0.435. The van der Waals surface area contributed by atoms with E-state index in [1.54, 1.807) is 6.92 Å². The number of hydrogen-bond acceptors (Lipinski definition) is 10. The average Bonchev–Trinajstić information content (AvgIpc) is 3.40. The number of fused-ring (bicyclic) bond motifs is 1. The van der Waals surface area contributed by atoms with E-state index in [1.807, 2.05) is 24.3 Å². The molecule has 0 saturated carbocycles. The molecule has 1 aromatic carbocycles. The number of anilines is 2. The molecule has 192 valence electrons. The van der Waals surface area contributed by atoms with Gasteiger partial charge in [-0.25, -0.2) is 4.98 Å². The van der Waals surface area contributed by atoms with Crippen LogP contribution in [0.4, 0.5) is 11.8 Å². The first kappa shape index (κ1) is 25.3. The number of carbonyl (C=O) groups excluding carboxylic acids is 2. The number of benzene rings is 1. The standard InChI is InChI=1S/C23H30N8O5/c1-2-26-21(35)18-16(33)17(34)22(36-18)31-11-28-15-19(25)29-23(30-20(15)31)27-10-9-13-5-3-12(4-6-13)7-8-14(24)32/h3-6,11,16-18,22,33-34H,2,7-10H2,1H3,(H2,24,32)(H,26,35)(H3,25,27,29,30)/t16-,17+,18+,22+/m0/s1. The Bertz CT molecular complexity index is 1230. The number of amides is 2. The van der Waals surface area contributed by atoms with Crippen LogP contribution in [0, 0.1) is 0 Å². The second-order valence-corrected chi connectivity index (χ2v) is 8.54. The van der Waals surface area contributed by atoms with Crippen LogP contribution in [0.2, 0.25) is 0 Å². The van der Waals surface area contributed by atoms with Gasteiger partial charge in [0.1, 0.15) is 17.7 Å². The zero-order chi connectivity index (χ0) is 25.8. The summed E-state index contributed by atoms with van der Waals surface area (Å²) < 4.78 is 7.10. The summed E-state index contributed by atoms with van der Waals surface area (Å²) in [6.45, 7) is 2.62. The van der Waals surface area contributed by atoms with Crippen molar-refractivity contribution in [1.29, 1.82) is 0 Å². The van der Waals surface area contributed by atoms with E-state index in [1.165, 1.54) is 10.9 Å². The molecule has 0 bridgehead atoms. The largest absolute Gasteiger partial charge is 0.387 e. The highest BCUT2D eigenvalue weighted by molar-refractivity contribution is 5.83. The van der Waals surface area contributed by atoms with Gasteiger partial charge in [-0.1, -0.05) is 24.3 Å². The number of hydrogen-bond donors (Lipinski definition) is 6. The van der Waals surface area contributed by atoms with E-state index in [4.69, 9.17) is 16.2 Å². The Balaban J connectivity index is 1.45. The molecule has 1 aliphatic rings. The van der Waals surface area contributed by atoms with Crippen LogP contribution in [0.1, 0.15) is 30.7 Å². The van der Waals surface area contributed by atoms with Gasteiger partial charge in [0, 0.05) is 19.5 Å². The molecule has 1 aliphatic heterocycles. The lowest BCUT2D eigenvalue weighted by molar-refractivity contribution is -0.137. The van der Waals surface area contributed by atoms with Gasteiger partial charge in [-0.2, -0.15) is 9.97 Å². The summed E-state index contributed by atoms with van der Waals surface area (Å²) in [4.78, 5) is 36.1. The highest BCUT2D eigenvalue weighted by Crippen LogP contribution is 2.32. The van der Waals surface area contributed by atoms with Crippen molar-refractivity contribution in [1.82, 2.24) is 24.8 Å². The zero-order valence-electron chi connectivity index (χ0n) is 19.8. The van der Waals surface area contributed by atoms with Crippen molar-refractivity contribution in [2.75, 3.05) is 24.1 Å². The van der Waals surface area contributed by atoms with Crippen LogP contribution in [-0.4, -0.2) is 72.9 Å². The second-order valence-electron chi connectivity index (χ2n) is 8.54. The van der Waals surface area contributed by atoms with Crippen LogP contribution < -0.4 is 22.1 Å². The summed E-state index contributed by atoms with van der Waals surface area (Å²) in [6.07, 6.45) is -2.15. The minimum atomic E-state index is -1.42. The van der Waals surface area contributed by atoms with Crippen molar-refractivity contribution in [2.45, 2.75) is 50.7 Å². The number of aliphatic hydroxyl groups is 2. The van der Waals surface area contributed by atoms with Gasteiger partial charge in [0.2, 0.25) is 11.9 Å². The van der Waals surface area contributed by atoms with Gasteiger partial charge < -0.3 is 37.1 Å². The summed E-state index contributed by atoms with van der Waals surface area (Å²) in [7, 11) is 0. The summed E-state index contributed by atoms with van der Waals surface area (Å²) in [5.74, 6) is -0.456. The van der Waals surface area contributed by atoms with Gasteiger partial charge in [0.05, 0.1) is 6.33 Å². The van der Waals surface area contributed by atoms with E-state index in [9.17, 15) is 19.8 Å². The van der Waals surface area contributed by atoms with Crippen molar-refractivity contribution in [3.05, 3.63) is 41.7 Å². The molecule has 13 nitrogen and oxygen atoms in total. The third-order valence-electron chi connectivity index (χ3n) is 5.95. The normalized spacial score (nSPS) is 21.5. The smallest absolute Gasteiger partial charge is 0.252 e. The monoisotopic (exact) mass is 498 g/mol. The molecule has 0 aliphatic carbocycles. The lowest BCUT2D eigenvalue weighted by Gasteiger charge is -2.16. The fourth-order valence-corrected chi connectivity index (χ4v) is 4.04. The third kappa shape index (κ3) is 5.37. The van der Waals surface area contributed by atoms with E-state index < -0.39 is 30.4 Å². The lowest BCUT2D eigenvalue weighted by Crippen LogP contribution is -2.42. The van der Waals surface area contributed by atoms with E-state index in [-0.39, 0.29) is 23.3 Å². The van der Waals surface area contributed by atoms with Gasteiger partial charge in [-0.15, -0.1) is 0 Å². The van der Waals surface area contributed by atoms with Crippen molar-refractivity contribution >= 4 is 34.7 Å². The molecule has 2 amide bonds. The number of likely N-dealkylation sites (N-methyl/N-ethyl adjacent to an activating group) is 1. The Morgan fingerprint density at radius 2 is 1.81 bits per heavy atom. The molecule has 4 rings (SSSR count). The Labute approximate surface area is 206 Å². The molecule has 3 heterocycles. The van der Waals surface area contributed by atoms with Crippen molar-refractivity contribution < 1.29 is 24.5 Å². The van der Waals surface area contributed by atoms with E-state index >= 15 is 0 Å². The van der Waals surface area contributed by atoms with Crippen LogP contribution in [0.25, 0.3) is 11.2 Å². The predicted molar refractivity (Wildman–Crippen MR) is 130 cm³/mol. The Kier molecular flexibility index (Phi) is 7.62. The summed E-state index contributed by atoms with van der Waals surface area (Å²) in [6, 6.07) is 7.90. The number of nitrogen functional groups attached to an aromatic ring is 1. The molecule has 0 unspecified atom stereocenters. The van der Waals surface area contributed by atoms with Crippen molar-refractivity contribution in [2.24, 2.45) is 5.73 Å². The van der Waals surface area contributed by atoms with E-state index in [0.717, 1.165) is 11.1 Å². The van der Waals surface area contributed by atoms with Gasteiger partial charge >= 0.3 is 0 Å². The number of primary amides is 1. The first-order valence-electron chi connectivity index (χ1n) is 11.7. The van der Waals surface area contributed by atoms with E-state index in [0.29, 0.717) is 37.9 Å². The molecule has 0 spiro atoms. The maximum Gasteiger partial charge on any atom is 0.252 e. The number of ether oxygens (including phenoxy) is 1. The molecule has 36 heavy (non-hydrogen) atoms. The minimum Gasteiger partial charge on any atom is -0.387 e. The number of aryl methyl sites for hydroxylation is 1. The third-order valence-corrected chi connectivity index (χ3v) is 5.95. The molecule has 1 saturated heterocycles. The molecule has 4 atom stereocenters. The van der Waals surface area contributed by atoms with Gasteiger partial charge in [-0.3, -0.25) is 14.2 Å². The Morgan fingerprint density at radius 1 is 1.11 bits per heavy atom.